The summed E-state index contributed by atoms with van der Waals surface area (Å²) in [6, 6.07) is 1.65. The molecule has 0 saturated heterocycles. The molecule has 1 rings (SSSR count). The summed E-state index contributed by atoms with van der Waals surface area (Å²) in [5, 5.41) is 0. The Morgan fingerprint density at radius 1 is 1.46 bits per heavy atom. The lowest BCUT2D eigenvalue weighted by atomic mass is 10.4. The first-order chi connectivity index (χ1) is 6.11. The third-order valence-corrected chi connectivity index (χ3v) is 1.63. The Kier molecular flexibility index (Phi) is 3.02. The van der Waals surface area contributed by atoms with Gasteiger partial charge in [0.05, 0.1) is 7.11 Å². The molecule has 0 bridgehead atoms. The average Bonchev–Trinajstić information content (AvgIpc) is 2.01. The van der Waals surface area contributed by atoms with Gasteiger partial charge in [0.1, 0.15) is 5.82 Å². The molecule has 7 heteroatoms. The van der Waals surface area contributed by atoms with Crippen LogP contribution in [0.15, 0.2) is 6.07 Å². The average molecular weight is 203 g/mol. The minimum atomic E-state index is -2.70. The molecule has 0 amide bonds. The molecule has 6 nitrogen and oxygen atoms in total. The lowest BCUT2D eigenvalue weighted by Gasteiger charge is -2.02. The van der Waals surface area contributed by atoms with Crippen molar-refractivity contribution in [1.29, 1.82) is 0 Å². The molecule has 0 aliphatic heterocycles. The molecule has 0 spiro atoms. The molecule has 1 aromatic rings. The molecule has 0 aliphatic carbocycles. The summed E-state index contributed by atoms with van der Waals surface area (Å²) in [4.78, 5) is 7.65. The van der Waals surface area contributed by atoms with Gasteiger partial charge in [-0.15, -0.1) is 0 Å². The lowest BCUT2D eigenvalue weighted by Crippen LogP contribution is -2.01. The highest BCUT2D eigenvalue weighted by Crippen LogP contribution is 2.10. The van der Waals surface area contributed by atoms with Crippen molar-refractivity contribution in [1.82, 2.24) is 9.97 Å². The van der Waals surface area contributed by atoms with E-state index in [0.29, 0.717) is 5.69 Å². The fourth-order valence-corrected chi connectivity index (χ4v) is 1.09. The second kappa shape index (κ2) is 4.04. The van der Waals surface area contributed by atoms with E-state index in [1.54, 1.807) is 6.92 Å². The first-order valence-corrected chi connectivity index (χ1v) is 4.60. The van der Waals surface area contributed by atoms with Crippen molar-refractivity contribution in [2.45, 2.75) is 6.92 Å². The van der Waals surface area contributed by atoms with Crippen LogP contribution < -0.4 is 9.46 Å². The number of nitrogens with one attached hydrogen (secondary N) is 1. The molecule has 0 atom stereocenters. The zero-order valence-corrected chi connectivity index (χ0v) is 8.04. The number of anilines is 1. The van der Waals surface area contributed by atoms with Gasteiger partial charge in [-0.25, -0.2) is 13.4 Å². The number of hydrogen-bond acceptors (Lipinski definition) is 5. The van der Waals surface area contributed by atoms with Gasteiger partial charge in [-0.05, 0) is 6.92 Å². The SMILES string of the molecule is COc1nc(C)cc(N[SH](=O)=O)n1. The number of thiol groups is 1. The third-order valence-electron chi connectivity index (χ3n) is 1.22. The molecular weight excluding hydrogens is 194 g/mol. The monoisotopic (exact) mass is 203 g/mol. The van der Waals surface area contributed by atoms with Crippen LogP contribution in [0.1, 0.15) is 5.69 Å². The van der Waals surface area contributed by atoms with E-state index < -0.39 is 10.9 Å². The highest BCUT2D eigenvalue weighted by atomic mass is 32.2. The maximum Gasteiger partial charge on any atom is 0.318 e. The molecule has 0 aromatic carbocycles. The number of hydrogen-bond donors (Lipinski definition) is 2. The zero-order valence-electron chi connectivity index (χ0n) is 7.14. The smallest absolute Gasteiger partial charge is 0.318 e. The van der Waals surface area contributed by atoms with Gasteiger partial charge in [0.2, 0.25) is 10.9 Å². The fraction of sp³-hybridized carbons (Fsp3) is 0.333. The highest BCUT2D eigenvalue weighted by molar-refractivity contribution is 7.73. The van der Waals surface area contributed by atoms with Crippen molar-refractivity contribution in [2.24, 2.45) is 0 Å². The first kappa shape index (κ1) is 9.72. The molecule has 0 radical (unpaired) electrons. The summed E-state index contributed by atoms with van der Waals surface area (Å²) in [5.41, 5.74) is 0.631. The normalized spacial score (nSPS) is 10.1. The van der Waals surface area contributed by atoms with Crippen LogP contribution in [-0.4, -0.2) is 25.5 Å². The van der Waals surface area contributed by atoms with E-state index in [4.69, 9.17) is 4.74 Å². The van der Waals surface area contributed by atoms with E-state index in [1.807, 2.05) is 0 Å². The maximum absolute atomic E-state index is 10.3. The Morgan fingerprint density at radius 3 is 2.69 bits per heavy atom. The van der Waals surface area contributed by atoms with Crippen molar-refractivity contribution in [3.63, 3.8) is 0 Å². The van der Waals surface area contributed by atoms with E-state index in [9.17, 15) is 8.42 Å². The predicted octanol–water partition coefficient (Wildman–Crippen LogP) is -0.268. The summed E-state index contributed by atoms with van der Waals surface area (Å²) in [7, 11) is -1.29. The molecule has 1 N–H and O–H groups in total. The van der Waals surface area contributed by atoms with Crippen molar-refractivity contribution in [3.8, 4) is 6.01 Å². The van der Waals surface area contributed by atoms with Gasteiger partial charge in [-0.2, -0.15) is 4.98 Å². The summed E-state index contributed by atoms with van der Waals surface area (Å²) in [5.74, 6) is 0.209. The number of aromatic nitrogens is 2. The van der Waals surface area contributed by atoms with Crippen LogP contribution in [0.25, 0.3) is 0 Å². The van der Waals surface area contributed by atoms with Crippen LogP contribution in [0.4, 0.5) is 5.82 Å². The molecule has 0 aliphatic rings. The predicted molar refractivity (Wildman–Crippen MR) is 47.3 cm³/mol. The summed E-state index contributed by atoms with van der Waals surface area (Å²) in [6.45, 7) is 1.72. The minimum absolute atomic E-state index is 0.138. The van der Waals surface area contributed by atoms with Crippen molar-refractivity contribution in [2.75, 3.05) is 11.8 Å². The second-order valence-electron chi connectivity index (χ2n) is 2.25. The first-order valence-electron chi connectivity index (χ1n) is 3.42. The van der Waals surface area contributed by atoms with E-state index in [1.165, 1.54) is 13.2 Å². The zero-order chi connectivity index (χ0) is 9.84. The minimum Gasteiger partial charge on any atom is -0.467 e. The van der Waals surface area contributed by atoms with Gasteiger partial charge in [0, 0.05) is 11.8 Å². The van der Waals surface area contributed by atoms with Crippen LogP contribution >= 0.6 is 0 Å². The van der Waals surface area contributed by atoms with Crippen LogP contribution in [0.3, 0.4) is 0 Å². The van der Waals surface area contributed by atoms with Crippen LogP contribution in [0.2, 0.25) is 0 Å². The maximum atomic E-state index is 10.3. The van der Waals surface area contributed by atoms with Crippen molar-refractivity contribution < 1.29 is 13.2 Å². The van der Waals surface area contributed by atoms with Gasteiger partial charge in [0.15, 0.2) is 0 Å². The quantitative estimate of drug-likeness (QED) is 0.661. The van der Waals surface area contributed by atoms with Gasteiger partial charge in [0.25, 0.3) is 0 Å². The molecule has 0 saturated carbocycles. The van der Waals surface area contributed by atoms with Crippen LogP contribution in [0, 0.1) is 6.92 Å². The molecule has 1 heterocycles. The van der Waals surface area contributed by atoms with E-state index in [2.05, 4.69) is 14.7 Å². The van der Waals surface area contributed by atoms with Crippen molar-refractivity contribution in [3.05, 3.63) is 11.8 Å². The Morgan fingerprint density at radius 2 is 2.15 bits per heavy atom. The Labute approximate surface area is 77.1 Å². The molecule has 13 heavy (non-hydrogen) atoms. The van der Waals surface area contributed by atoms with E-state index >= 15 is 0 Å². The van der Waals surface area contributed by atoms with Crippen LogP contribution in [-0.2, 0) is 10.9 Å². The number of nitrogens with zero attached hydrogens (tertiary/aromatic N) is 2. The standard InChI is InChI=1S/C6H9N3O3S/c1-4-3-5(9-13(10)11)8-6(7-4)12-2/h3,13H,1-2H3,(H,7,8,9,10,11). The Bertz CT molecular complexity index is 369. The molecule has 0 fully saturated rings. The number of methoxy groups -OCH3 is 1. The summed E-state index contributed by atoms with van der Waals surface area (Å²) < 4.78 is 27.5. The van der Waals surface area contributed by atoms with E-state index in [0.717, 1.165) is 0 Å². The topological polar surface area (TPSA) is 81.2 Å². The van der Waals surface area contributed by atoms with Crippen LogP contribution in [0.5, 0.6) is 6.01 Å². The molecular formula is C6H9N3O3S. The number of ether oxygens (including phenoxy) is 1. The third kappa shape index (κ3) is 2.86. The number of rotatable bonds is 3. The largest absolute Gasteiger partial charge is 0.467 e. The highest BCUT2D eigenvalue weighted by Gasteiger charge is 2.01. The molecule has 0 unspecified atom stereocenters. The summed E-state index contributed by atoms with van der Waals surface area (Å²) in [6.07, 6.45) is 0. The molecule has 72 valence electrons. The van der Waals surface area contributed by atoms with Crippen molar-refractivity contribution >= 4 is 16.7 Å². The lowest BCUT2D eigenvalue weighted by molar-refractivity contribution is 0.379. The Balaban J connectivity index is 3.01. The van der Waals surface area contributed by atoms with E-state index in [-0.39, 0.29) is 11.8 Å². The van der Waals surface area contributed by atoms with Gasteiger partial charge < -0.3 is 4.74 Å². The van der Waals surface area contributed by atoms with Gasteiger partial charge in [-0.3, -0.25) is 4.72 Å². The Hall–Kier alpha value is -1.37. The number of aryl methyl sites for hydroxylation is 1. The van der Waals surface area contributed by atoms with Gasteiger partial charge >= 0.3 is 6.01 Å². The molecule has 1 aromatic heterocycles. The van der Waals surface area contributed by atoms with Gasteiger partial charge in [-0.1, -0.05) is 0 Å². The fourth-order valence-electron chi connectivity index (χ4n) is 0.783. The summed E-state index contributed by atoms with van der Waals surface area (Å²) >= 11 is 0. The second-order valence-corrected chi connectivity index (χ2v) is 2.99.